The van der Waals surface area contributed by atoms with Gasteiger partial charge < -0.3 is 19.3 Å². The zero-order chi connectivity index (χ0) is 24.9. The molecule has 1 saturated carbocycles. The van der Waals surface area contributed by atoms with E-state index in [0.717, 1.165) is 11.1 Å². The number of rotatable bonds is 8. The monoisotopic (exact) mass is 484 g/mol. The van der Waals surface area contributed by atoms with E-state index >= 15 is 0 Å². The van der Waals surface area contributed by atoms with Gasteiger partial charge in [-0.15, -0.1) is 0 Å². The average Bonchev–Trinajstić information content (AvgIpc) is 3.42. The maximum Gasteiger partial charge on any atom is 0.338 e. The Balaban J connectivity index is 1.24. The number of hydrogen-bond acceptors (Lipinski definition) is 6. The fourth-order valence-electron chi connectivity index (χ4n) is 4.94. The Labute approximate surface area is 210 Å². The lowest BCUT2D eigenvalue weighted by atomic mass is 9.91. The Bertz CT molecular complexity index is 1210. The first-order valence-electron chi connectivity index (χ1n) is 12.2. The largest absolute Gasteiger partial charge is 0.491 e. The molecule has 6 heteroatoms. The minimum absolute atomic E-state index is 0.0887. The summed E-state index contributed by atoms with van der Waals surface area (Å²) in [6.07, 6.45) is 2.61. The molecule has 1 saturated heterocycles. The van der Waals surface area contributed by atoms with Crippen molar-refractivity contribution in [3.8, 4) is 16.9 Å². The highest BCUT2D eigenvalue weighted by Gasteiger charge is 2.50. The zero-order valence-electron chi connectivity index (χ0n) is 19.7. The smallest absolute Gasteiger partial charge is 0.338 e. The van der Waals surface area contributed by atoms with Crippen LogP contribution < -0.4 is 4.74 Å². The van der Waals surface area contributed by atoms with Gasteiger partial charge in [-0.05, 0) is 35.4 Å². The van der Waals surface area contributed by atoms with Gasteiger partial charge in [0.05, 0.1) is 12.0 Å². The van der Waals surface area contributed by atoms with E-state index in [9.17, 15) is 14.7 Å². The van der Waals surface area contributed by atoms with Crippen molar-refractivity contribution in [2.75, 3.05) is 6.61 Å². The summed E-state index contributed by atoms with van der Waals surface area (Å²) in [6.45, 7) is 0.0922. The van der Waals surface area contributed by atoms with E-state index in [1.807, 2.05) is 78.9 Å². The molecule has 184 valence electrons. The van der Waals surface area contributed by atoms with Crippen LogP contribution in [0.25, 0.3) is 11.1 Å². The van der Waals surface area contributed by atoms with Gasteiger partial charge in [0.15, 0.2) is 0 Å². The number of esters is 2. The van der Waals surface area contributed by atoms with Crippen LogP contribution in [0.1, 0.15) is 23.2 Å². The van der Waals surface area contributed by atoms with Crippen LogP contribution in [-0.4, -0.2) is 42.0 Å². The molecule has 3 aromatic rings. The molecule has 5 atom stereocenters. The van der Waals surface area contributed by atoms with Crippen molar-refractivity contribution in [1.29, 1.82) is 0 Å². The summed E-state index contributed by atoms with van der Waals surface area (Å²) in [6, 6.07) is 26.5. The van der Waals surface area contributed by atoms with Crippen LogP contribution in [0, 0.1) is 11.8 Å². The third kappa shape index (κ3) is 5.50. The van der Waals surface area contributed by atoms with Crippen molar-refractivity contribution in [2.45, 2.75) is 31.2 Å². The van der Waals surface area contributed by atoms with Gasteiger partial charge in [-0.3, -0.25) is 4.79 Å². The molecule has 1 aliphatic carbocycles. The van der Waals surface area contributed by atoms with Crippen molar-refractivity contribution in [1.82, 2.24) is 0 Å². The molecule has 0 bridgehead atoms. The molecular formula is C30H28O6. The molecule has 2 fully saturated rings. The summed E-state index contributed by atoms with van der Waals surface area (Å²) in [5.41, 5.74) is 2.55. The van der Waals surface area contributed by atoms with Gasteiger partial charge in [-0.1, -0.05) is 72.8 Å². The highest BCUT2D eigenvalue weighted by Crippen LogP contribution is 2.43. The summed E-state index contributed by atoms with van der Waals surface area (Å²) in [5.74, 6) is -0.310. The van der Waals surface area contributed by atoms with Crippen molar-refractivity contribution < 1.29 is 28.9 Å². The molecule has 0 unspecified atom stereocenters. The lowest BCUT2D eigenvalue weighted by Crippen LogP contribution is -2.25. The van der Waals surface area contributed by atoms with Gasteiger partial charge in [-0.2, -0.15) is 0 Å². The van der Waals surface area contributed by atoms with Crippen molar-refractivity contribution in [3.05, 3.63) is 103 Å². The Morgan fingerprint density at radius 1 is 0.972 bits per heavy atom. The molecule has 1 N–H and O–H groups in total. The number of para-hydroxylation sites is 1. The standard InChI is InChI=1S/C30H28O6/c31-23(19-34-24-9-5-2-6-10-24)15-16-25-26-17-29(32)35-28(26)18-27(25)36-30(33)22-13-11-21(12-14-22)20-7-3-1-4-8-20/h1-16,23,25-28,31H,17-19H2/t23-,25+,26+,27+,28-/m0/s1. The first-order valence-corrected chi connectivity index (χ1v) is 12.2. The number of benzene rings is 3. The van der Waals surface area contributed by atoms with Crippen LogP contribution in [0.4, 0.5) is 0 Å². The van der Waals surface area contributed by atoms with E-state index < -0.39 is 18.2 Å². The number of hydrogen-bond donors (Lipinski definition) is 1. The number of fused-ring (bicyclic) bond motifs is 1. The third-order valence-corrected chi connectivity index (χ3v) is 6.76. The first-order chi connectivity index (χ1) is 17.6. The van der Waals surface area contributed by atoms with Gasteiger partial charge >= 0.3 is 11.9 Å². The molecular weight excluding hydrogens is 456 g/mol. The molecule has 0 radical (unpaired) electrons. The van der Waals surface area contributed by atoms with E-state index in [1.54, 1.807) is 18.2 Å². The number of carbonyl (C=O) groups is 2. The first kappa shape index (κ1) is 23.8. The van der Waals surface area contributed by atoms with E-state index in [0.29, 0.717) is 17.7 Å². The van der Waals surface area contributed by atoms with Crippen molar-refractivity contribution in [3.63, 3.8) is 0 Å². The van der Waals surface area contributed by atoms with E-state index in [1.165, 1.54) is 0 Å². The predicted molar refractivity (Wildman–Crippen MR) is 134 cm³/mol. The number of aliphatic hydroxyl groups is 1. The van der Waals surface area contributed by atoms with Crippen LogP contribution in [0.5, 0.6) is 5.75 Å². The Morgan fingerprint density at radius 3 is 2.36 bits per heavy atom. The fourth-order valence-corrected chi connectivity index (χ4v) is 4.94. The van der Waals surface area contributed by atoms with Gasteiger partial charge in [0, 0.05) is 18.3 Å². The minimum Gasteiger partial charge on any atom is -0.491 e. The van der Waals surface area contributed by atoms with Crippen LogP contribution >= 0.6 is 0 Å². The quantitative estimate of drug-likeness (QED) is 0.364. The SMILES string of the molecule is O=C1C[C@@H]2[C@@H](C=C[C@H](O)COc3ccccc3)[C@H](OC(=O)c3ccc(-c4ccccc4)cc3)C[C@@H]2O1. The summed E-state index contributed by atoms with van der Waals surface area (Å²) >= 11 is 0. The number of aliphatic hydroxyl groups excluding tert-OH is 1. The maximum absolute atomic E-state index is 13.0. The van der Waals surface area contributed by atoms with E-state index in [4.69, 9.17) is 14.2 Å². The van der Waals surface area contributed by atoms with Gasteiger partial charge in [0.1, 0.15) is 30.7 Å². The lowest BCUT2D eigenvalue weighted by molar-refractivity contribution is -0.141. The third-order valence-electron chi connectivity index (χ3n) is 6.76. The Morgan fingerprint density at radius 2 is 1.64 bits per heavy atom. The zero-order valence-corrected chi connectivity index (χ0v) is 19.7. The van der Waals surface area contributed by atoms with Crippen molar-refractivity contribution in [2.24, 2.45) is 11.8 Å². The van der Waals surface area contributed by atoms with E-state index in [2.05, 4.69) is 0 Å². The molecule has 0 aromatic heterocycles. The molecule has 0 spiro atoms. The number of ether oxygens (including phenoxy) is 3. The van der Waals surface area contributed by atoms with Gasteiger partial charge in [0.2, 0.25) is 0 Å². The maximum atomic E-state index is 13.0. The molecule has 6 nitrogen and oxygen atoms in total. The molecule has 0 amide bonds. The predicted octanol–water partition coefficient (Wildman–Crippen LogP) is 4.83. The second-order valence-electron chi connectivity index (χ2n) is 9.17. The normalized spacial score (nSPS) is 23.8. The molecule has 1 heterocycles. The van der Waals surface area contributed by atoms with Crippen molar-refractivity contribution >= 4 is 11.9 Å². The topological polar surface area (TPSA) is 82.1 Å². The highest BCUT2D eigenvalue weighted by atomic mass is 16.6. The van der Waals surface area contributed by atoms with Gasteiger partial charge in [-0.25, -0.2) is 4.79 Å². The average molecular weight is 485 g/mol. The highest BCUT2D eigenvalue weighted by molar-refractivity contribution is 5.90. The molecule has 3 aromatic carbocycles. The van der Waals surface area contributed by atoms with Crippen LogP contribution in [0.15, 0.2) is 97.1 Å². The summed E-state index contributed by atoms with van der Waals surface area (Å²) in [5, 5.41) is 10.4. The lowest BCUT2D eigenvalue weighted by Gasteiger charge is -2.20. The minimum atomic E-state index is -0.843. The second-order valence-corrected chi connectivity index (χ2v) is 9.17. The van der Waals surface area contributed by atoms with Crippen LogP contribution in [0.2, 0.25) is 0 Å². The van der Waals surface area contributed by atoms with E-state index in [-0.39, 0.29) is 36.9 Å². The van der Waals surface area contributed by atoms with Crippen LogP contribution in [-0.2, 0) is 14.3 Å². The van der Waals surface area contributed by atoms with Gasteiger partial charge in [0.25, 0.3) is 0 Å². The van der Waals surface area contributed by atoms with Crippen LogP contribution in [0.3, 0.4) is 0 Å². The fraction of sp³-hybridized carbons (Fsp3) is 0.267. The Hall–Kier alpha value is -3.90. The molecule has 2 aliphatic rings. The summed E-state index contributed by atoms with van der Waals surface area (Å²) < 4.78 is 17.0. The summed E-state index contributed by atoms with van der Waals surface area (Å²) in [4.78, 5) is 24.8. The summed E-state index contributed by atoms with van der Waals surface area (Å²) in [7, 11) is 0. The molecule has 1 aliphatic heterocycles. The number of carbonyl (C=O) groups excluding carboxylic acids is 2. The molecule has 36 heavy (non-hydrogen) atoms. The molecule has 5 rings (SSSR count). The second kappa shape index (κ2) is 10.8. The Kier molecular flexibility index (Phi) is 7.14.